The van der Waals surface area contributed by atoms with Crippen molar-refractivity contribution in [1.29, 1.82) is 0 Å². The largest absolute Gasteiger partial charge is 0.396 e. The molecule has 0 radical (unpaired) electrons. The van der Waals surface area contributed by atoms with Crippen molar-refractivity contribution in [1.82, 2.24) is 19.9 Å². The van der Waals surface area contributed by atoms with E-state index in [1.165, 1.54) is 42.3 Å². The summed E-state index contributed by atoms with van der Waals surface area (Å²) >= 11 is 3.77. The van der Waals surface area contributed by atoms with Crippen LogP contribution < -0.4 is 0 Å². The number of H-pyrrole nitrogens is 4. The highest BCUT2D eigenvalue weighted by atomic mass is 32.1. The maximum atomic E-state index is 10.0. The molecule has 0 fully saturated rings. The van der Waals surface area contributed by atoms with Crippen LogP contribution in [0.3, 0.4) is 0 Å². The molecule has 54 heavy (non-hydrogen) atoms. The molecule has 8 heteroatoms. The van der Waals surface area contributed by atoms with Gasteiger partial charge in [-0.2, -0.15) is 0 Å². The second kappa shape index (κ2) is 13.6. The fourth-order valence-electron chi connectivity index (χ4n) is 8.57. The SMILES string of the molecule is CC1(C)c2ccc([nH]2)C(C)(CCCO)c2ccc([nH]2)C(C)(C)c2ccc(s2)C(C)(C)c2ccc([nH]2)C(C)(CCCO)c2ccc([nH]2)C(C)(C)c2ccc1s2. The minimum Gasteiger partial charge on any atom is -0.396 e. The van der Waals surface area contributed by atoms with Crippen molar-refractivity contribution in [3.63, 3.8) is 0 Å². The van der Waals surface area contributed by atoms with E-state index in [4.69, 9.17) is 0 Å². The number of aromatic amines is 4. The molecule has 0 aliphatic carbocycles. The number of nitrogens with one attached hydrogen (secondary N) is 4. The molecular weight excluding hydrogens is 705 g/mol. The first-order valence-corrected chi connectivity index (χ1v) is 21.3. The molecule has 0 atom stereocenters. The fraction of sp³-hybridized carbons (Fsp3) is 0.478. The Morgan fingerprint density at radius 2 is 0.593 bits per heavy atom. The van der Waals surface area contributed by atoms with Gasteiger partial charge in [-0.05, 0) is 168 Å². The van der Waals surface area contributed by atoms with Gasteiger partial charge in [0.15, 0.2) is 0 Å². The van der Waals surface area contributed by atoms with Crippen molar-refractivity contribution in [3.05, 3.63) is 138 Å². The predicted molar refractivity (Wildman–Crippen MR) is 226 cm³/mol. The Morgan fingerprint density at radius 1 is 0.370 bits per heavy atom. The van der Waals surface area contributed by atoms with E-state index in [1.807, 2.05) is 22.7 Å². The van der Waals surface area contributed by atoms with Crippen molar-refractivity contribution >= 4 is 22.7 Å². The normalized spacial score (nSPS) is 22.9. The third-order valence-corrected chi connectivity index (χ3v) is 16.6. The summed E-state index contributed by atoms with van der Waals surface area (Å²) in [5.74, 6) is 0. The Labute approximate surface area is 329 Å². The Balaban J connectivity index is 1.40. The number of aromatic nitrogens is 4. The van der Waals surface area contributed by atoms with Crippen molar-refractivity contribution in [2.24, 2.45) is 0 Å². The first-order chi connectivity index (χ1) is 25.4. The summed E-state index contributed by atoms with van der Waals surface area (Å²) in [6.45, 7) is 23.4. The van der Waals surface area contributed by atoms with Gasteiger partial charge in [-0.1, -0.05) is 0 Å². The molecule has 0 aromatic carbocycles. The van der Waals surface area contributed by atoms with Crippen LogP contribution in [0.5, 0.6) is 0 Å². The molecule has 7 heterocycles. The molecule has 0 saturated heterocycles. The first-order valence-electron chi connectivity index (χ1n) is 19.6. The summed E-state index contributed by atoms with van der Waals surface area (Å²) < 4.78 is 0. The van der Waals surface area contributed by atoms with Crippen LogP contribution in [-0.2, 0) is 32.5 Å². The minimum absolute atomic E-state index is 0.154. The lowest BCUT2D eigenvalue weighted by Gasteiger charge is -2.30. The molecule has 1 aliphatic rings. The smallest absolute Gasteiger partial charge is 0.0476 e. The summed E-state index contributed by atoms with van der Waals surface area (Å²) in [7, 11) is 0. The van der Waals surface area contributed by atoms with Gasteiger partial charge in [0.1, 0.15) is 0 Å². The molecule has 0 unspecified atom stereocenters. The number of hydrogen-bond acceptors (Lipinski definition) is 4. The Hall–Kier alpha value is -3.56. The van der Waals surface area contributed by atoms with E-state index in [0.717, 1.165) is 35.6 Å². The van der Waals surface area contributed by atoms with Crippen LogP contribution in [0.2, 0.25) is 0 Å². The molecule has 0 saturated carbocycles. The van der Waals surface area contributed by atoms with Crippen molar-refractivity contribution in [2.75, 3.05) is 13.2 Å². The quantitative estimate of drug-likeness (QED) is 0.102. The summed E-state index contributed by atoms with van der Waals surface area (Å²) in [4.78, 5) is 20.9. The average Bonchev–Trinajstić information content (AvgIpc) is 3.98. The van der Waals surface area contributed by atoms with E-state index in [-0.39, 0.29) is 45.7 Å². The van der Waals surface area contributed by atoms with E-state index in [1.54, 1.807) is 0 Å². The van der Waals surface area contributed by atoms with Crippen molar-refractivity contribution < 1.29 is 10.2 Å². The van der Waals surface area contributed by atoms with Gasteiger partial charge in [-0.25, -0.2) is 0 Å². The van der Waals surface area contributed by atoms with Crippen molar-refractivity contribution in [3.8, 4) is 0 Å². The summed E-state index contributed by atoms with van der Waals surface area (Å²) in [5, 5.41) is 20.0. The minimum atomic E-state index is -0.341. The molecule has 6 nitrogen and oxygen atoms in total. The lowest BCUT2D eigenvalue weighted by atomic mass is 9.79. The van der Waals surface area contributed by atoms with Crippen LogP contribution in [0.1, 0.15) is 160 Å². The number of thiophene rings is 2. The standard InChI is InChI=1S/C46H60N4O2S2/c1-41(2)29-13-17-33(47-29)45(9,25-11-27-51)34-18-15-31(49-34)43(5,6)39-23-24-40(54-39)44(7,8)32-16-20-36(50-32)46(10,26-12-28-52)35-19-14-30(48-35)42(3,4)38-22-21-37(41)53-38/h13-24,47-52H,11-12,25-28H2,1-10H3. The van der Waals surface area contributed by atoms with E-state index in [2.05, 4.69) is 162 Å². The summed E-state index contributed by atoms with van der Waals surface area (Å²) in [6, 6.07) is 27.3. The number of fused-ring (bicyclic) bond motifs is 12. The highest BCUT2D eigenvalue weighted by Crippen LogP contribution is 2.47. The molecule has 6 N–H and O–H groups in total. The van der Waals surface area contributed by atoms with E-state index in [0.29, 0.717) is 12.8 Å². The van der Waals surface area contributed by atoms with Gasteiger partial charge in [0, 0.05) is 111 Å². The van der Waals surface area contributed by atoms with Gasteiger partial charge in [0.25, 0.3) is 0 Å². The Morgan fingerprint density at radius 3 is 0.815 bits per heavy atom. The zero-order chi connectivity index (χ0) is 38.9. The number of rotatable bonds is 6. The van der Waals surface area contributed by atoms with Crippen LogP contribution in [0, 0.1) is 0 Å². The zero-order valence-corrected chi connectivity index (χ0v) is 35.5. The average molecular weight is 765 g/mol. The van der Waals surface area contributed by atoms with Gasteiger partial charge < -0.3 is 30.1 Å². The van der Waals surface area contributed by atoms with Gasteiger partial charge in [-0.3, -0.25) is 0 Å². The second-order valence-electron chi connectivity index (χ2n) is 18.3. The molecule has 0 amide bonds. The number of hydrogen-bond donors (Lipinski definition) is 6. The molecule has 7 rings (SSSR count). The lowest BCUT2D eigenvalue weighted by Crippen LogP contribution is -2.27. The van der Waals surface area contributed by atoms with E-state index < -0.39 is 0 Å². The number of aliphatic hydroxyl groups is 2. The van der Waals surface area contributed by atoms with E-state index in [9.17, 15) is 10.2 Å². The molecule has 288 valence electrons. The third-order valence-electron chi connectivity index (χ3n) is 13.2. The highest BCUT2D eigenvalue weighted by Gasteiger charge is 2.39. The number of aliphatic hydroxyl groups excluding tert-OH is 2. The lowest BCUT2D eigenvalue weighted by molar-refractivity contribution is 0.270. The zero-order valence-electron chi connectivity index (χ0n) is 33.9. The maximum Gasteiger partial charge on any atom is 0.0476 e. The van der Waals surface area contributed by atoms with Crippen molar-refractivity contribution in [2.45, 2.75) is 127 Å². The molecule has 1 aliphatic heterocycles. The fourth-order valence-corrected chi connectivity index (χ4v) is 11.0. The third kappa shape index (κ3) is 6.22. The molecule has 6 aromatic rings. The van der Waals surface area contributed by atoms with E-state index >= 15 is 0 Å². The van der Waals surface area contributed by atoms with Gasteiger partial charge in [0.2, 0.25) is 0 Å². The molecular formula is C46H60N4O2S2. The van der Waals surface area contributed by atoms with Crippen LogP contribution in [-0.4, -0.2) is 43.4 Å². The molecule has 6 aromatic heterocycles. The highest BCUT2D eigenvalue weighted by molar-refractivity contribution is 7.12. The van der Waals surface area contributed by atoms with Crippen LogP contribution in [0.25, 0.3) is 0 Å². The second-order valence-corrected chi connectivity index (χ2v) is 20.5. The summed E-state index contributed by atoms with van der Waals surface area (Å²) in [5.41, 5.74) is 7.70. The topological polar surface area (TPSA) is 104 Å². The van der Waals surface area contributed by atoms with Crippen LogP contribution in [0.15, 0.2) is 72.8 Å². The molecule has 0 spiro atoms. The first kappa shape index (κ1) is 38.7. The van der Waals surface area contributed by atoms with Gasteiger partial charge >= 0.3 is 0 Å². The Kier molecular flexibility index (Phi) is 9.73. The monoisotopic (exact) mass is 764 g/mol. The maximum absolute atomic E-state index is 10.0. The van der Waals surface area contributed by atoms with Crippen LogP contribution in [0.4, 0.5) is 0 Å². The Bertz CT molecular complexity index is 1930. The molecule has 12 bridgehead atoms. The van der Waals surface area contributed by atoms with Gasteiger partial charge in [0.05, 0.1) is 0 Å². The predicted octanol–water partition coefficient (Wildman–Crippen LogP) is 10.9. The van der Waals surface area contributed by atoms with Gasteiger partial charge in [-0.15, -0.1) is 22.7 Å². The van der Waals surface area contributed by atoms with Crippen LogP contribution >= 0.6 is 22.7 Å². The summed E-state index contributed by atoms with van der Waals surface area (Å²) in [6.07, 6.45) is 3.04.